The average molecular weight is 458 g/mol. The van der Waals surface area contributed by atoms with Crippen LogP contribution in [0.1, 0.15) is 51.7 Å². The molecular weight excluding hydrogens is 426 g/mol. The first-order valence-electron chi connectivity index (χ1n) is 9.59. The lowest BCUT2D eigenvalue weighted by Gasteiger charge is -2.12. The molecule has 0 spiro atoms. The summed E-state index contributed by atoms with van der Waals surface area (Å²) in [6.45, 7) is 7.63. The van der Waals surface area contributed by atoms with Crippen molar-refractivity contribution in [2.45, 2.75) is 55.4 Å². The molecule has 0 atom stereocenters. The van der Waals surface area contributed by atoms with E-state index in [4.69, 9.17) is 9.62 Å². The quantitative estimate of drug-likeness (QED) is 0.174. The van der Waals surface area contributed by atoms with Gasteiger partial charge < -0.3 is 25.1 Å². The standard InChI is InChI=1S/C18H26N4O3S2.CH5NO/c1-18(2,3)13-10-20-15(25-13)12-26-16-11-21-17(27-16)22-14(24)6-4-7-19-8-5-9-23;1-2-3/h9-11,19H,4-8,12H2,1-3H3,(H,21,22,24);2-3H,1H3. The lowest BCUT2D eigenvalue weighted by molar-refractivity contribution is -0.116. The molecule has 168 valence electrons. The highest BCUT2D eigenvalue weighted by Gasteiger charge is 2.19. The van der Waals surface area contributed by atoms with Crippen LogP contribution in [0.5, 0.6) is 0 Å². The van der Waals surface area contributed by atoms with E-state index >= 15 is 0 Å². The zero-order valence-electron chi connectivity index (χ0n) is 17.9. The highest BCUT2D eigenvalue weighted by molar-refractivity contribution is 8.00. The lowest BCUT2D eigenvalue weighted by Crippen LogP contribution is -2.19. The molecule has 4 N–H and O–H groups in total. The van der Waals surface area contributed by atoms with Gasteiger partial charge in [0, 0.05) is 31.8 Å². The third-order valence-corrected chi connectivity index (χ3v) is 5.65. The minimum atomic E-state index is -0.0550. The van der Waals surface area contributed by atoms with Gasteiger partial charge in [0.2, 0.25) is 11.8 Å². The molecule has 11 heteroatoms. The van der Waals surface area contributed by atoms with Gasteiger partial charge in [-0.2, -0.15) is 0 Å². The maximum Gasteiger partial charge on any atom is 0.226 e. The molecule has 0 aliphatic carbocycles. The Balaban J connectivity index is 0.00000141. The molecule has 0 bridgehead atoms. The van der Waals surface area contributed by atoms with E-state index in [1.807, 2.05) is 0 Å². The SMILES string of the molecule is CC(C)(C)c1cnc(CSc2cnc(NC(=O)CCCNCCC=O)s2)o1.CNO. The molecule has 0 fully saturated rings. The molecule has 30 heavy (non-hydrogen) atoms. The van der Waals surface area contributed by atoms with Crippen LogP contribution in [0.3, 0.4) is 0 Å². The number of rotatable bonds is 11. The van der Waals surface area contributed by atoms with Crippen LogP contribution < -0.4 is 16.1 Å². The van der Waals surface area contributed by atoms with E-state index in [0.717, 1.165) is 22.7 Å². The van der Waals surface area contributed by atoms with Gasteiger partial charge in [-0.15, -0.1) is 11.8 Å². The Kier molecular flexibility index (Phi) is 12.5. The summed E-state index contributed by atoms with van der Waals surface area (Å²) in [6.07, 6.45) is 6.04. The third kappa shape index (κ3) is 10.8. The van der Waals surface area contributed by atoms with Crippen LogP contribution >= 0.6 is 23.1 Å². The van der Waals surface area contributed by atoms with Crippen LogP contribution in [0.25, 0.3) is 0 Å². The Morgan fingerprint density at radius 1 is 1.30 bits per heavy atom. The van der Waals surface area contributed by atoms with Gasteiger partial charge in [0.25, 0.3) is 0 Å². The second-order valence-electron chi connectivity index (χ2n) is 7.22. The Labute approximate surface area is 185 Å². The van der Waals surface area contributed by atoms with Gasteiger partial charge in [-0.05, 0) is 13.0 Å². The summed E-state index contributed by atoms with van der Waals surface area (Å²) in [5.41, 5.74) is 1.70. The van der Waals surface area contributed by atoms with Crippen molar-refractivity contribution in [1.82, 2.24) is 20.8 Å². The van der Waals surface area contributed by atoms with Gasteiger partial charge in [-0.3, -0.25) is 4.79 Å². The number of thioether (sulfide) groups is 1. The van der Waals surface area contributed by atoms with Gasteiger partial charge in [0.05, 0.1) is 22.4 Å². The predicted molar refractivity (Wildman–Crippen MR) is 119 cm³/mol. The largest absolute Gasteiger partial charge is 0.444 e. The summed E-state index contributed by atoms with van der Waals surface area (Å²) in [4.78, 5) is 30.7. The number of amides is 1. The number of hydrogen-bond donors (Lipinski definition) is 4. The summed E-state index contributed by atoms with van der Waals surface area (Å²) < 4.78 is 6.77. The molecule has 9 nitrogen and oxygen atoms in total. The molecule has 2 heterocycles. The molecule has 0 aromatic carbocycles. The fourth-order valence-electron chi connectivity index (χ4n) is 2.08. The fraction of sp³-hybridized carbons (Fsp3) is 0.579. The van der Waals surface area contributed by atoms with Crippen LogP contribution in [0, 0.1) is 0 Å². The number of oxazole rings is 1. The third-order valence-electron chi connectivity index (χ3n) is 3.56. The zero-order chi connectivity index (χ0) is 22.4. The number of anilines is 1. The molecule has 0 saturated carbocycles. The maximum absolute atomic E-state index is 11.9. The Bertz CT molecular complexity index is 758. The smallest absolute Gasteiger partial charge is 0.226 e. The van der Waals surface area contributed by atoms with Gasteiger partial charge in [-0.25, -0.2) is 15.4 Å². The number of nitrogens with zero attached hydrogens (tertiary/aromatic N) is 2. The number of aromatic nitrogens is 2. The molecular formula is C19H31N5O4S2. The summed E-state index contributed by atoms with van der Waals surface area (Å²) in [5, 5.41) is 13.8. The fourth-order valence-corrected chi connectivity index (χ4v) is 3.82. The first-order chi connectivity index (χ1) is 14.3. The average Bonchev–Trinajstić information content (AvgIpc) is 3.33. The van der Waals surface area contributed by atoms with Crippen LogP contribution in [-0.2, 0) is 20.8 Å². The molecule has 1 amide bonds. The molecule has 2 aromatic heterocycles. The van der Waals surface area contributed by atoms with E-state index in [2.05, 4.69) is 41.4 Å². The second-order valence-corrected chi connectivity index (χ2v) is 9.53. The first kappa shape index (κ1) is 26.2. The summed E-state index contributed by atoms with van der Waals surface area (Å²) in [5.74, 6) is 2.13. The first-order valence-corrected chi connectivity index (χ1v) is 11.4. The van der Waals surface area contributed by atoms with Crippen molar-refractivity contribution in [1.29, 1.82) is 0 Å². The van der Waals surface area contributed by atoms with Crippen molar-refractivity contribution in [3.63, 3.8) is 0 Å². The van der Waals surface area contributed by atoms with E-state index in [1.54, 1.807) is 29.6 Å². The highest BCUT2D eigenvalue weighted by Crippen LogP contribution is 2.31. The molecule has 0 saturated heterocycles. The minimum Gasteiger partial charge on any atom is -0.444 e. The lowest BCUT2D eigenvalue weighted by atomic mass is 9.94. The second kappa shape index (κ2) is 14.3. The number of carbonyl (C=O) groups is 2. The Morgan fingerprint density at radius 2 is 2.03 bits per heavy atom. The molecule has 0 radical (unpaired) electrons. The summed E-state index contributed by atoms with van der Waals surface area (Å²) >= 11 is 3.02. The van der Waals surface area contributed by atoms with Gasteiger partial charge in [0.1, 0.15) is 12.0 Å². The number of hydroxylamine groups is 1. The van der Waals surface area contributed by atoms with Gasteiger partial charge in [0.15, 0.2) is 5.13 Å². The van der Waals surface area contributed by atoms with E-state index in [-0.39, 0.29) is 11.3 Å². The van der Waals surface area contributed by atoms with Crippen LogP contribution in [0.4, 0.5) is 5.13 Å². The molecule has 0 aliphatic heterocycles. The number of thiazole rings is 1. The number of hydrogen-bond acceptors (Lipinski definition) is 10. The Hall–Kier alpha value is -1.79. The highest BCUT2D eigenvalue weighted by atomic mass is 32.2. The van der Waals surface area contributed by atoms with E-state index in [0.29, 0.717) is 42.7 Å². The van der Waals surface area contributed by atoms with E-state index in [1.165, 1.54) is 18.4 Å². The maximum atomic E-state index is 11.9. The van der Waals surface area contributed by atoms with Crippen molar-refractivity contribution in [2.75, 3.05) is 25.5 Å². The minimum absolute atomic E-state index is 0.0537. The van der Waals surface area contributed by atoms with Crippen LogP contribution in [0.2, 0.25) is 0 Å². The molecule has 0 unspecified atom stereocenters. The zero-order valence-corrected chi connectivity index (χ0v) is 19.5. The number of aldehydes is 1. The van der Waals surface area contributed by atoms with Crippen molar-refractivity contribution < 1.29 is 19.2 Å². The normalized spacial score (nSPS) is 11.0. The van der Waals surface area contributed by atoms with Crippen molar-refractivity contribution in [3.05, 3.63) is 24.0 Å². The summed E-state index contributed by atoms with van der Waals surface area (Å²) in [7, 11) is 1.43. The number of nitrogens with one attached hydrogen (secondary N) is 3. The summed E-state index contributed by atoms with van der Waals surface area (Å²) in [6, 6.07) is 0. The topological polar surface area (TPSA) is 129 Å². The van der Waals surface area contributed by atoms with Gasteiger partial charge in [-0.1, -0.05) is 32.1 Å². The van der Waals surface area contributed by atoms with Crippen molar-refractivity contribution in [2.24, 2.45) is 0 Å². The van der Waals surface area contributed by atoms with Gasteiger partial charge >= 0.3 is 0 Å². The predicted octanol–water partition coefficient (Wildman–Crippen LogP) is 3.21. The van der Waals surface area contributed by atoms with Crippen molar-refractivity contribution >= 4 is 40.4 Å². The van der Waals surface area contributed by atoms with Crippen molar-refractivity contribution in [3.8, 4) is 0 Å². The molecule has 2 rings (SSSR count). The molecule has 0 aliphatic rings. The van der Waals surface area contributed by atoms with E-state index in [9.17, 15) is 9.59 Å². The van der Waals surface area contributed by atoms with E-state index < -0.39 is 0 Å². The number of carbonyl (C=O) groups excluding carboxylic acids is 2. The monoisotopic (exact) mass is 457 g/mol. The Morgan fingerprint density at radius 3 is 2.67 bits per heavy atom. The molecule has 2 aromatic rings. The van der Waals surface area contributed by atoms with Crippen LogP contribution in [-0.4, -0.2) is 47.5 Å². The van der Waals surface area contributed by atoms with Crippen LogP contribution in [0.15, 0.2) is 21.0 Å².